The average Bonchev–Trinajstić information content (AvgIpc) is 2.66. The highest BCUT2D eigenvalue weighted by atomic mass is 16.5. The number of benzene rings is 1. The Hall–Kier alpha value is -2.70. The molecule has 3 rings (SSSR count). The highest BCUT2D eigenvalue weighted by Crippen LogP contribution is 2.56. The van der Waals surface area contributed by atoms with Crippen LogP contribution in [0.5, 0.6) is 0 Å². The molecule has 7 heteroatoms. The molecule has 2 N–H and O–H groups in total. The number of esters is 1. The van der Waals surface area contributed by atoms with Crippen LogP contribution in [0.25, 0.3) is 0 Å². The van der Waals surface area contributed by atoms with Crippen molar-refractivity contribution in [2.24, 2.45) is 16.2 Å². The molecule has 1 heterocycles. The molecule has 2 aliphatic rings. The second kappa shape index (κ2) is 7.85. The Balaban J connectivity index is 1.84. The van der Waals surface area contributed by atoms with Gasteiger partial charge in [0.25, 0.3) is 0 Å². The predicted octanol–water partition coefficient (Wildman–Crippen LogP) is 2.14. The molecule has 1 aromatic carbocycles. The molecular formula is C23H30N2O5. The number of hydrogen-bond donors (Lipinski definition) is 2. The third-order valence-electron chi connectivity index (χ3n) is 6.37. The summed E-state index contributed by atoms with van der Waals surface area (Å²) in [7, 11) is 0. The zero-order chi connectivity index (χ0) is 22.2. The highest BCUT2D eigenvalue weighted by molar-refractivity contribution is 6.04. The summed E-state index contributed by atoms with van der Waals surface area (Å²) in [5.74, 6) is -1.51. The van der Waals surface area contributed by atoms with Crippen LogP contribution in [0.3, 0.4) is 0 Å². The summed E-state index contributed by atoms with van der Waals surface area (Å²) in [5, 5.41) is 5.32. The molecule has 7 nitrogen and oxygen atoms in total. The standard InChI is InChI=1S/C23H30N2O5/c1-5-30-17(26)16(11-15-9-7-6-8-10-15)24-18(27)21(2)12-22(3)14-23(4,13-21)20(29)25-19(22)28/h6-10,16H,5,11-14H2,1-4H3,(H,24,27)(H,25,28,29)/t16?,21?,22-,23+. The van der Waals surface area contributed by atoms with Crippen molar-refractivity contribution in [2.75, 3.05) is 6.61 Å². The molecule has 4 atom stereocenters. The maximum Gasteiger partial charge on any atom is 0.328 e. The number of hydrogen-bond acceptors (Lipinski definition) is 5. The molecule has 2 bridgehead atoms. The fourth-order valence-corrected chi connectivity index (χ4v) is 5.28. The Morgan fingerprint density at radius 3 is 2.13 bits per heavy atom. The van der Waals surface area contributed by atoms with Gasteiger partial charge in [-0.05, 0) is 31.7 Å². The van der Waals surface area contributed by atoms with Crippen LogP contribution in [-0.2, 0) is 30.3 Å². The lowest BCUT2D eigenvalue weighted by molar-refractivity contribution is -0.165. The molecule has 0 radical (unpaired) electrons. The van der Waals surface area contributed by atoms with E-state index in [1.165, 1.54) is 0 Å². The third kappa shape index (κ3) is 4.11. The van der Waals surface area contributed by atoms with E-state index in [2.05, 4.69) is 10.6 Å². The lowest BCUT2D eigenvalue weighted by Crippen LogP contribution is -2.64. The Morgan fingerprint density at radius 2 is 1.60 bits per heavy atom. The van der Waals surface area contributed by atoms with Crippen molar-refractivity contribution in [2.45, 2.75) is 59.4 Å². The van der Waals surface area contributed by atoms with Crippen molar-refractivity contribution in [1.29, 1.82) is 0 Å². The van der Waals surface area contributed by atoms with Crippen molar-refractivity contribution >= 4 is 23.7 Å². The number of carbonyl (C=O) groups is 4. The van der Waals surface area contributed by atoms with Crippen LogP contribution in [0.15, 0.2) is 30.3 Å². The van der Waals surface area contributed by atoms with Crippen LogP contribution < -0.4 is 10.6 Å². The second-order valence-electron chi connectivity index (χ2n) is 9.46. The number of nitrogens with one attached hydrogen (secondary N) is 2. The summed E-state index contributed by atoms with van der Waals surface area (Å²) in [5.41, 5.74) is -1.69. The normalized spacial score (nSPS) is 31.5. The Morgan fingerprint density at radius 1 is 1.03 bits per heavy atom. The summed E-state index contributed by atoms with van der Waals surface area (Å²) in [6.07, 6.45) is 1.33. The van der Waals surface area contributed by atoms with E-state index in [0.29, 0.717) is 25.7 Å². The van der Waals surface area contributed by atoms with E-state index in [-0.39, 0.29) is 24.3 Å². The lowest BCUT2D eigenvalue weighted by Gasteiger charge is -2.53. The molecule has 1 saturated heterocycles. The fourth-order valence-electron chi connectivity index (χ4n) is 5.28. The molecule has 1 aliphatic heterocycles. The quantitative estimate of drug-likeness (QED) is 0.549. The Labute approximate surface area is 176 Å². The van der Waals surface area contributed by atoms with E-state index in [0.717, 1.165) is 5.56 Å². The first-order valence-electron chi connectivity index (χ1n) is 10.4. The number of piperidine rings is 1. The van der Waals surface area contributed by atoms with Gasteiger partial charge in [-0.25, -0.2) is 4.79 Å². The SMILES string of the molecule is CCOC(=O)C(Cc1ccccc1)NC(=O)C1(C)C[C@@]2(C)C[C@@](C)(C1)C(=O)NC2=O. The van der Waals surface area contributed by atoms with E-state index in [9.17, 15) is 19.2 Å². The van der Waals surface area contributed by atoms with Crippen molar-refractivity contribution in [3.05, 3.63) is 35.9 Å². The first-order valence-corrected chi connectivity index (χ1v) is 10.4. The molecule has 2 fully saturated rings. The summed E-state index contributed by atoms with van der Waals surface area (Å²) in [4.78, 5) is 51.0. The van der Waals surface area contributed by atoms with Gasteiger partial charge < -0.3 is 10.1 Å². The van der Waals surface area contributed by atoms with E-state index in [1.807, 2.05) is 30.3 Å². The van der Waals surface area contributed by atoms with E-state index >= 15 is 0 Å². The van der Waals surface area contributed by atoms with Gasteiger partial charge >= 0.3 is 5.97 Å². The molecule has 0 spiro atoms. The van der Waals surface area contributed by atoms with E-state index in [4.69, 9.17) is 4.74 Å². The zero-order valence-corrected chi connectivity index (χ0v) is 18.0. The van der Waals surface area contributed by atoms with Gasteiger partial charge in [0.05, 0.1) is 6.61 Å². The van der Waals surface area contributed by atoms with Crippen LogP contribution in [0, 0.1) is 16.2 Å². The molecule has 1 aromatic rings. The van der Waals surface area contributed by atoms with E-state index in [1.54, 1.807) is 27.7 Å². The minimum absolute atomic E-state index is 0.210. The van der Waals surface area contributed by atoms with Crippen LogP contribution in [0.4, 0.5) is 0 Å². The van der Waals surface area contributed by atoms with Crippen molar-refractivity contribution < 1.29 is 23.9 Å². The van der Waals surface area contributed by atoms with E-state index < -0.39 is 28.3 Å². The molecular weight excluding hydrogens is 384 g/mol. The van der Waals surface area contributed by atoms with Gasteiger partial charge in [0.2, 0.25) is 17.7 Å². The third-order valence-corrected chi connectivity index (χ3v) is 6.37. The number of ether oxygens (including phenoxy) is 1. The zero-order valence-electron chi connectivity index (χ0n) is 18.0. The molecule has 162 valence electrons. The van der Waals surface area contributed by atoms with Gasteiger partial charge in [-0.3, -0.25) is 19.7 Å². The number of fused-ring (bicyclic) bond motifs is 2. The highest BCUT2D eigenvalue weighted by Gasteiger charge is 2.61. The van der Waals surface area contributed by atoms with Crippen LogP contribution in [0.1, 0.15) is 52.5 Å². The van der Waals surface area contributed by atoms with Gasteiger partial charge in [0.1, 0.15) is 6.04 Å². The van der Waals surface area contributed by atoms with Gasteiger partial charge in [0.15, 0.2) is 0 Å². The number of amides is 3. The summed E-state index contributed by atoms with van der Waals surface area (Å²) >= 11 is 0. The fraction of sp³-hybridized carbons (Fsp3) is 0.565. The van der Waals surface area contributed by atoms with Crippen LogP contribution in [-0.4, -0.2) is 36.3 Å². The topological polar surface area (TPSA) is 102 Å². The van der Waals surface area contributed by atoms with Gasteiger partial charge in [0, 0.05) is 22.7 Å². The van der Waals surface area contributed by atoms with Crippen molar-refractivity contribution in [1.82, 2.24) is 10.6 Å². The molecule has 30 heavy (non-hydrogen) atoms. The minimum Gasteiger partial charge on any atom is -0.464 e. The predicted molar refractivity (Wildman–Crippen MR) is 110 cm³/mol. The average molecular weight is 415 g/mol. The lowest BCUT2D eigenvalue weighted by atomic mass is 9.52. The molecule has 2 unspecified atom stereocenters. The minimum atomic E-state index is -0.962. The van der Waals surface area contributed by atoms with Gasteiger partial charge in [-0.15, -0.1) is 0 Å². The molecule has 0 aromatic heterocycles. The van der Waals surface area contributed by atoms with Gasteiger partial charge in [-0.1, -0.05) is 51.1 Å². The maximum atomic E-state index is 13.4. The maximum absolute atomic E-state index is 13.4. The van der Waals surface area contributed by atoms with Crippen LogP contribution >= 0.6 is 0 Å². The largest absolute Gasteiger partial charge is 0.464 e. The first kappa shape index (κ1) is 22.0. The summed E-state index contributed by atoms with van der Waals surface area (Å²) in [6.45, 7) is 7.29. The number of carbonyl (C=O) groups excluding carboxylic acids is 4. The van der Waals surface area contributed by atoms with Gasteiger partial charge in [-0.2, -0.15) is 0 Å². The molecule has 1 saturated carbocycles. The summed E-state index contributed by atoms with van der Waals surface area (Å²) < 4.78 is 5.17. The Kier molecular flexibility index (Phi) is 5.76. The summed E-state index contributed by atoms with van der Waals surface area (Å²) in [6, 6.07) is 8.55. The monoisotopic (exact) mass is 414 g/mol. The molecule has 1 aliphatic carbocycles. The number of imide groups is 1. The van der Waals surface area contributed by atoms with Crippen LogP contribution in [0.2, 0.25) is 0 Å². The Bertz CT molecular complexity index is 840. The van der Waals surface area contributed by atoms with Crippen molar-refractivity contribution in [3.8, 4) is 0 Å². The number of rotatable bonds is 6. The first-order chi connectivity index (χ1) is 14.0. The second-order valence-corrected chi connectivity index (χ2v) is 9.46. The smallest absolute Gasteiger partial charge is 0.328 e. The van der Waals surface area contributed by atoms with Crippen molar-refractivity contribution in [3.63, 3.8) is 0 Å². The molecule has 3 amide bonds.